The van der Waals surface area contributed by atoms with Gasteiger partial charge in [0.1, 0.15) is 0 Å². The van der Waals surface area contributed by atoms with Crippen molar-refractivity contribution in [1.82, 2.24) is 4.90 Å². The molecule has 28 heavy (non-hydrogen) atoms. The highest BCUT2D eigenvalue weighted by Gasteiger charge is 2.64. The highest BCUT2D eigenvalue weighted by atomic mass is 127. The Morgan fingerprint density at radius 2 is 1.54 bits per heavy atom. The van der Waals surface area contributed by atoms with E-state index in [0.717, 1.165) is 9.13 Å². The summed E-state index contributed by atoms with van der Waals surface area (Å²) in [4.78, 5) is 42.6. The van der Waals surface area contributed by atoms with Crippen LogP contribution >= 0.6 is 22.6 Å². The molecule has 5 nitrogen and oxygen atoms in total. The van der Waals surface area contributed by atoms with E-state index in [0.29, 0.717) is 12.2 Å². The molecule has 2 saturated heterocycles. The van der Waals surface area contributed by atoms with Gasteiger partial charge in [-0.05, 0) is 52.4 Å². The highest BCUT2D eigenvalue weighted by molar-refractivity contribution is 14.1. The third-order valence-corrected chi connectivity index (χ3v) is 6.97. The van der Waals surface area contributed by atoms with Crippen LogP contribution < -0.4 is 4.90 Å². The minimum absolute atomic E-state index is 0.0919. The molecular weight excluding hydrogens is 467 g/mol. The number of amides is 2. The van der Waals surface area contributed by atoms with Gasteiger partial charge in [0.25, 0.3) is 0 Å². The SMILES string of the molecule is O=C1C=CC2C3C(=O)N(c4ccccc4)C(=O)C3C1N2Cc1ccccc1I. The molecule has 140 valence electrons. The molecule has 2 aromatic carbocycles. The number of imide groups is 1. The van der Waals surface area contributed by atoms with Crippen molar-refractivity contribution in [3.8, 4) is 0 Å². The largest absolute Gasteiger partial charge is 0.293 e. The summed E-state index contributed by atoms with van der Waals surface area (Å²) in [7, 11) is 0. The van der Waals surface area contributed by atoms with Crippen molar-refractivity contribution >= 4 is 45.9 Å². The van der Waals surface area contributed by atoms with E-state index in [1.807, 2.05) is 35.2 Å². The number of ketones is 1. The summed E-state index contributed by atoms with van der Waals surface area (Å²) >= 11 is 2.28. The van der Waals surface area contributed by atoms with Crippen molar-refractivity contribution in [3.05, 3.63) is 75.9 Å². The number of benzene rings is 2. The zero-order valence-corrected chi connectivity index (χ0v) is 17.0. The second-order valence-electron chi connectivity index (χ2n) is 7.36. The van der Waals surface area contributed by atoms with Crippen molar-refractivity contribution in [3.63, 3.8) is 0 Å². The van der Waals surface area contributed by atoms with Crippen molar-refractivity contribution in [2.24, 2.45) is 11.8 Å². The number of hydrogen-bond acceptors (Lipinski definition) is 4. The first-order valence-electron chi connectivity index (χ1n) is 9.22. The Morgan fingerprint density at radius 3 is 2.29 bits per heavy atom. The van der Waals surface area contributed by atoms with E-state index in [9.17, 15) is 14.4 Å². The standard InChI is InChI=1S/C22H17IN2O3/c23-15-9-5-4-6-13(15)12-24-16-10-11-17(26)20(24)19-18(16)21(27)25(22(19)28)14-7-2-1-3-8-14/h1-11,16,18-20H,12H2. The second-order valence-corrected chi connectivity index (χ2v) is 8.52. The molecule has 2 fully saturated rings. The van der Waals surface area contributed by atoms with Crippen molar-refractivity contribution in [1.29, 1.82) is 0 Å². The van der Waals surface area contributed by atoms with Crippen molar-refractivity contribution in [2.45, 2.75) is 18.6 Å². The van der Waals surface area contributed by atoms with E-state index in [4.69, 9.17) is 0 Å². The Kier molecular flexibility index (Phi) is 4.21. The van der Waals surface area contributed by atoms with Gasteiger partial charge in [0.2, 0.25) is 11.8 Å². The van der Waals surface area contributed by atoms with E-state index in [2.05, 4.69) is 22.6 Å². The summed E-state index contributed by atoms with van der Waals surface area (Å²) in [5, 5.41) is 0. The average Bonchev–Trinajstić information content (AvgIpc) is 3.08. The maximum atomic E-state index is 13.2. The van der Waals surface area contributed by atoms with Gasteiger partial charge in [-0.1, -0.05) is 42.5 Å². The molecule has 3 aliphatic heterocycles. The van der Waals surface area contributed by atoms with Crippen LogP contribution in [-0.2, 0) is 20.9 Å². The van der Waals surface area contributed by atoms with Gasteiger partial charge in [-0.2, -0.15) is 0 Å². The van der Waals surface area contributed by atoms with E-state index in [1.165, 1.54) is 4.90 Å². The fourth-order valence-corrected chi connectivity index (χ4v) is 5.28. The zero-order chi connectivity index (χ0) is 19.4. The first-order valence-corrected chi connectivity index (χ1v) is 10.3. The highest BCUT2D eigenvalue weighted by Crippen LogP contribution is 2.47. The van der Waals surface area contributed by atoms with E-state index < -0.39 is 17.9 Å². The number of anilines is 1. The molecule has 0 saturated carbocycles. The molecule has 6 heteroatoms. The number of rotatable bonds is 3. The third-order valence-electron chi connectivity index (χ3n) is 5.92. The van der Waals surface area contributed by atoms with Crippen LogP contribution in [-0.4, -0.2) is 34.6 Å². The minimum Gasteiger partial charge on any atom is -0.293 e. The monoisotopic (exact) mass is 484 g/mol. The first-order chi connectivity index (χ1) is 13.6. The zero-order valence-electron chi connectivity index (χ0n) is 14.9. The summed E-state index contributed by atoms with van der Waals surface area (Å²) in [6.07, 6.45) is 3.35. The molecule has 3 aliphatic rings. The molecule has 2 amide bonds. The number of carbonyl (C=O) groups excluding carboxylic acids is 3. The van der Waals surface area contributed by atoms with Gasteiger partial charge < -0.3 is 0 Å². The normalized spacial score (nSPS) is 28.9. The van der Waals surface area contributed by atoms with Crippen LogP contribution in [0.15, 0.2) is 66.7 Å². The Balaban J connectivity index is 1.53. The van der Waals surface area contributed by atoms with Crippen LogP contribution in [0.3, 0.4) is 0 Å². The lowest BCUT2D eigenvalue weighted by Crippen LogP contribution is -2.48. The lowest BCUT2D eigenvalue weighted by Gasteiger charge is -2.33. The molecule has 4 atom stereocenters. The van der Waals surface area contributed by atoms with Gasteiger partial charge in [-0.25, -0.2) is 4.90 Å². The number of hydrogen-bond donors (Lipinski definition) is 0. The summed E-state index contributed by atoms with van der Waals surface area (Å²) < 4.78 is 1.11. The van der Waals surface area contributed by atoms with E-state index in [-0.39, 0.29) is 23.6 Å². The summed E-state index contributed by atoms with van der Waals surface area (Å²) in [5.74, 6) is -1.70. The molecule has 0 aliphatic carbocycles. The van der Waals surface area contributed by atoms with Crippen LogP contribution in [0.1, 0.15) is 5.56 Å². The van der Waals surface area contributed by atoms with Crippen LogP contribution in [0.2, 0.25) is 0 Å². The molecule has 0 N–H and O–H groups in total. The molecule has 2 aromatic rings. The molecule has 4 unspecified atom stereocenters. The molecule has 5 rings (SSSR count). The maximum Gasteiger partial charge on any atom is 0.239 e. The third kappa shape index (κ3) is 2.51. The molecule has 0 radical (unpaired) electrons. The average molecular weight is 484 g/mol. The summed E-state index contributed by atoms with van der Waals surface area (Å²) in [6, 6.07) is 16.1. The van der Waals surface area contributed by atoms with Crippen LogP contribution in [0, 0.1) is 15.4 Å². The fourth-order valence-electron chi connectivity index (χ4n) is 4.72. The molecule has 3 heterocycles. The first kappa shape index (κ1) is 17.8. The maximum absolute atomic E-state index is 13.2. The lowest BCUT2D eigenvalue weighted by molar-refractivity contribution is -0.129. The van der Waals surface area contributed by atoms with Gasteiger partial charge >= 0.3 is 0 Å². The Bertz CT molecular complexity index is 1020. The summed E-state index contributed by atoms with van der Waals surface area (Å²) in [6.45, 7) is 0.545. The van der Waals surface area contributed by atoms with Crippen molar-refractivity contribution < 1.29 is 14.4 Å². The predicted molar refractivity (Wildman–Crippen MR) is 112 cm³/mol. The van der Waals surface area contributed by atoms with Gasteiger partial charge in [-0.3, -0.25) is 19.3 Å². The number of fused-ring (bicyclic) bond motifs is 5. The Hall–Kier alpha value is -2.32. The summed E-state index contributed by atoms with van der Waals surface area (Å²) in [5.41, 5.74) is 1.67. The minimum atomic E-state index is -0.624. The van der Waals surface area contributed by atoms with Crippen LogP contribution in [0.4, 0.5) is 5.69 Å². The topological polar surface area (TPSA) is 57.7 Å². The lowest BCUT2D eigenvalue weighted by atomic mass is 9.90. The van der Waals surface area contributed by atoms with Gasteiger partial charge in [-0.15, -0.1) is 0 Å². The van der Waals surface area contributed by atoms with Crippen molar-refractivity contribution in [2.75, 3.05) is 4.90 Å². The molecule has 0 spiro atoms. The second kappa shape index (κ2) is 6.63. The Morgan fingerprint density at radius 1 is 0.857 bits per heavy atom. The van der Waals surface area contributed by atoms with Gasteiger partial charge in [0, 0.05) is 16.2 Å². The van der Waals surface area contributed by atoms with E-state index in [1.54, 1.807) is 36.4 Å². The fraction of sp³-hybridized carbons (Fsp3) is 0.227. The Labute approximate surface area is 176 Å². The number of para-hydroxylation sites is 1. The molecule has 0 aromatic heterocycles. The van der Waals surface area contributed by atoms with Crippen LogP contribution in [0.5, 0.6) is 0 Å². The van der Waals surface area contributed by atoms with Gasteiger partial charge in [0.05, 0.1) is 23.6 Å². The predicted octanol–water partition coefficient (Wildman–Crippen LogP) is 2.79. The number of carbonyl (C=O) groups is 3. The smallest absolute Gasteiger partial charge is 0.239 e. The van der Waals surface area contributed by atoms with Gasteiger partial charge in [0.15, 0.2) is 5.78 Å². The van der Waals surface area contributed by atoms with Crippen LogP contribution in [0.25, 0.3) is 0 Å². The van der Waals surface area contributed by atoms with E-state index >= 15 is 0 Å². The molecular formula is C22H17IN2O3. The number of nitrogens with zero attached hydrogens (tertiary/aromatic N) is 2. The quantitative estimate of drug-likeness (QED) is 0.497. The number of halogens is 1. The molecule has 2 bridgehead atoms.